The number of nitrogens with zero attached hydrogens (tertiary/aromatic N) is 2. The van der Waals surface area contributed by atoms with E-state index in [9.17, 15) is 0 Å². The third-order valence-electron chi connectivity index (χ3n) is 9.59. The monoisotopic (exact) mass is 716 g/mol. The minimum absolute atomic E-state index is 1.13. The SMILES string of the molecule is c1ccc(N(c2ccccc2)c2cc[c]([Ge]([c]3ccccc3)([c]3ccccc3)[c]3ccc(N(c4ccccc4)c4ccccc4)cc3)cc2)cc1. The maximum absolute atomic E-state index is 3.54. The molecule has 0 bridgehead atoms. The van der Waals surface area contributed by atoms with Gasteiger partial charge in [0, 0.05) is 0 Å². The van der Waals surface area contributed by atoms with Gasteiger partial charge in [-0.15, -0.1) is 0 Å². The van der Waals surface area contributed by atoms with Crippen molar-refractivity contribution >= 4 is 65.0 Å². The van der Waals surface area contributed by atoms with E-state index >= 15 is 0 Å². The van der Waals surface area contributed by atoms with Crippen molar-refractivity contribution in [1.82, 2.24) is 0 Å². The van der Waals surface area contributed by atoms with Crippen LogP contribution in [-0.4, -0.2) is 13.3 Å². The van der Waals surface area contributed by atoms with E-state index in [4.69, 9.17) is 0 Å². The molecule has 0 saturated carbocycles. The van der Waals surface area contributed by atoms with Gasteiger partial charge in [-0.05, 0) is 0 Å². The Morgan fingerprint density at radius 2 is 0.392 bits per heavy atom. The van der Waals surface area contributed by atoms with E-state index in [-0.39, 0.29) is 0 Å². The van der Waals surface area contributed by atoms with Crippen molar-refractivity contribution in [2.45, 2.75) is 0 Å². The number of para-hydroxylation sites is 4. The van der Waals surface area contributed by atoms with Gasteiger partial charge in [0.15, 0.2) is 0 Å². The van der Waals surface area contributed by atoms with Crippen LogP contribution in [0, 0.1) is 0 Å². The Morgan fingerprint density at radius 3 is 0.647 bits per heavy atom. The van der Waals surface area contributed by atoms with Gasteiger partial charge in [0.1, 0.15) is 0 Å². The number of anilines is 6. The molecule has 51 heavy (non-hydrogen) atoms. The Hall–Kier alpha value is -6.10. The zero-order valence-electron chi connectivity index (χ0n) is 28.3. The third-order valence-corrected chi connectivity index (χ3v) is 19.7. The van der Waals surface area contributed by atoms with Crippen molar-refractivity contribution in [2.75, 3.05) is 9.80 Å². The van der Waals surface area contributed by atoms with Gasteiger partial charge in [0.25, 0.3) is 0 Å². The Labute approximate surface area is 303 Å². The molecular weight excluding hydrogens is 677 g/mol. The van der Waals surface area contributed by atoms with E-state index < -0.39 is 13.3 Å². The van der Waals surface area contributed by atoms with Crippen LogP contribution in [-0.2, 0) is 0 Å². The predicted octanol–water partition coefficient (Wildman–Crippen LogP) is 10.0. The molecule has 0 amide bonds. The molecule has 0 fully saturated rings. The van der Waals surface area contributed by atoms with Crippen LogP contribution in [0.4, 0.5) is 34.1 Å². The third kappa shape index (κ3) is 6.38. The molecule has 8 rings (SSSR count). The molecule has 0 heterocycles. The van der Waals surface area contributed by atoms with Crippen molar-refractivity contribution in [3.05, 3.63) is 231 Å². The summed E-state index contributed by atoms with van der Waals surface area (Å²) in [5.41, 5.74) is 6.79. The minimum atomic E-state index is -3.54. The summed E-state index contributed by atoms with van der Waals surface area (Å²) in [5.74, 6) is 0. The fraction of sp³-hybridized carbons (Fsp3) is 0. The molecule has 2 nitrogen and oxygen atoms in total. The summed E-state index contributed by atoms with van der Waals surface area (Å²) < 4.78 is 5.56. The van der Waals surface area contributed by atoms with E-state index in [1.54, 1.807) is 0 Å². The number of hydrogen-bond donors (Lipinski definition) is 0. The van der Waals surface area contributed by atoms with Crippen molar-refractivity contribution < 1.29 is 0 Å². The van der Waals surface area contributed by atoms with Crippen molar-refractivity contribution in [3.63, 3.8) is 0 Å². The number of rotatable bonds is 10. The van der Waals surface area contributed by atoms with Crippen molar-refractivity contribution in [1.29, 1.82) is 0 Å². The molecule has 0 aliphatic carbocycles. The van der Waals surface area contributed by atoms with E-state index in [2.05, 4.69) is 240 Å². The average molecular weight is 715 g/mol. The summed E-state index contributed by atoms with van der Waals surface area (Å²) in [6, 6.07) is 83.7. The summed E-state index contributed by atoms with van der Waals surface area (Å²) in [6.07, 6.45) is 0. The van der Waals surface area contributed by atoms with E-state index in [0.717, 1.165) is 34.1 Å². The van der Waals surface area contributed by atoms with Crippen molar-refractivity contribution in [3.8, 4) is 0 Å². The molecule has 0 aromatic heterocycles. The summed E-state index contributed by atoms with van der Waals surface area (Å²) in [7, 11) is 0. The summed E-state index contributed by atoms with van der Waals surface area (Å²) in [5, 5.41) is 0. The molecule has 0 aliphatic rings. The molecule has 0 aliphatic heterocycles. The molecule has 0 atom stereocenters. The predicted molar refractivity (Wildman–Crippen MR) is 219 cm³/mol. The molecule has 3 heteroatoms. The van der Waals surface area contributed by atoms with Crippen LogP contribution in [0.5, 0.6) is 0 Å². The second-order valence-corrected chi connectivity index (χ2v) is 20.6. The summed E-state index contributed by atoms with van der Waals surface area (Å²) >= 11 is -3.54. The zero-order chi connectivity index (χ0) is 34.3. The molecule has 8 aromatic rings. The first-order valence-corrected chi connectivity index (χ1v) is 21.6. The maximum atomic E-state index is 2.39. The molecule has 8 aromatic carbocycles. The Bertz CT molecular complexity index is 2020. The Morgan fingerprint density at radius 1 is 0.196 bits per heavy atom. The van der Waals surface area contributed by atoms with Crippen LogP contribution >= 0.6 is 0 Å². The second kappa shape index (κ2) is 14.8. The number of hydrogen-bond acceptors (Lipinski definition) is 2. The van der Waals surface area contributed by atoms with Gasteiger partial charge in [0.2, 0.25) is 0 Å². The Kier molecular flexibility index (Phi) is 9.32. The first-order valence-electron chi connectivity index (χ1n) is 17.4. The van der Waals surface area contributed by atoms with E-state index in [1.165, 1.54) is 17.6 Å². The first-order chi connectivity index (χ1) is 25.3. The van der Waals surface area contributed by atoms with Crippen LogP contribution in [0.25, 0.3) is 0 Å². The van der Waals surface area contributed by atoms with Crippen molar-refractivity contribution in [2.24, 2.45) is 0 Å². The van der Waals surface area contributed by atoms with E-state index in [0.29, 0.717) is 0 Å². The standard InChI is InChI=1S/C48H38GeN2/c1-7-19-39(20-8-1)49(40-21-9-2-10-22-40,41-31-35-47(36-32-41)50(43-23-11-3-12-24-43)44-25-13-4-14-26-44)42-33-37-48(38-34-42)51(45-27-15-5-16-28-45)46-29-17-6-18-30-46/h1-38H. The van der Waals surface area contributed by atoms with Gasteiger partial charge in [-0.2, -0.15) is 0 Å². The quantitative estimate of drug-likeness (QED) is 0.130. The van der Waals surface area contributed by atoms with Crippen LogP contribution in [0.2, 0.25) is 0 Å². The van der Waals surface area contributed by atoms with E-state index in [1.807, 2.05) is 0 Å². The molecule has 0 unspecified atom stereocenters. The average Bonchev–Trinajstić information content (AvgIpc) is 3.22. The van der Waals surface area contributed by atoms with Gasteiger partial charge in [-0.1, -0.05) is 0 Å². The summed E-state index contributed by atoms with van der Waals surface area (Å²) in [6.45, 7) is 0. The zero-order valence-corrected chi connectivity index (χ0v) is 30.4. The molecule has 244 valence electrons. The fourth-order valence-electron chi connectivity index (χ4n) is 7.30. The second-order valence-electron chi connectivity index (χ2n) is 12.6. The number of benzene rings is 8. The molecule has 0 radical (unpaired) electrons. The van der Waals surface area contributed by atoms with Crippen LogP contribution in [0.3, 0.4) is 0 Å². The van der Waals surface area contributed by atoms with Gasteiger partial charge < -0.3 is 0 Å². The van der Waals surface area contributed by atoms with Crippen LogP contribution in [0.1, 0.15) is 0 Å². The first kappa shape index (κ1) is 32.1. The Balaban J connectivity index is 1.30. The van der Waals surface area contributed by atoms with Gasteiger partial charge in [-0.25, -0.2) is 0 Å². The van der Waals surface area contributed by atoms with Gasteiger partial charge >= 0.3 is 305 Å². The van der Waals surface area contributed by atoms with Gasteiger partial charge in [-0.3, -0.25) is 0 Å². The molecule has 0 N–H and O–H groups in total. The fourth-order valence-corrected chi connectivity index (χ4v) is 17.2. The summed E-state index contributed by atoms with van der Waals surface area (Å²) in [4.78, 5) is 4.67. The van der Waals surface area contributed by atoms with Crippen LogP contribution in [0.15, 0.2) is 231 Å². The molecule has 0 spiro atoms. The topological polar surface area (TPSA) is 6.48 Å². The van der Waals surface area contributed by atoms with Gasteiger partial charge in [0.05, 0.1) is 0 Å². The molecule has 0 saturated heterocycles. The van der Waals surface area contributed by atoms with Crippen LogP contribution < -0.4 is 27.4 Å². The normalized spacial score (nSPS) is 11.1. The molecular formula is C48H38GeN2.